The van der Waals surface area contributed by atoms with Crippen molar-refractivity contribution >= 4 is 64.7 Å². The number of likely N-dealkylation sites (tertiary alicyclic amines) is 1. The molecule has 19 nitrogen and oxygen atoms in total. The van der Waals surface area contributed by atoms with Crippen LogP contribution in [0.1, 0.15) is 66.4 Å². The number of methoxy groups -OCH3 is 2. The van der Waals surface area contributed by atoms with Crippen LogP contribution in [0.4, 0.5) is 10.5 Å². The fraction of sp³-hybridized carbons (Fsp3) is 0.652. The van der Waals surface area contributed by atoms with Crippen LogP contribution in [0.5, 0.6) is 5.75 Å². The number of hydrogen-bond acceptors (Lipinski definition) is 16. The van der Waals surface area contributed by atoms with Crippen LogP contribution in [0.2, 0.25) is 5.02 Å². The van der Waals surface area contributed by atoms with Crippen LogP contribution in [0, 0.1) is 5.92 Å². The first kappa shape index (κ1) is 53.7. The lowest BCUT2D eigenvalue weighted by Gasteiger charge is -2.42. The van der Waals surface area contributed by atoms with E-state index in [4.69, 9.17) is 50.5 Å². The molecule has 0 saturated carbocycles. The van der Waals surface area contributed by atoms with Gasteiger partial charge in [0, 0.05) is 46.5 Å². The number of carbonyl (C=O) groups is 6. The number of epoxide rings is 1. The lowest BCUT2D eigenvalue weighted by Crippen LogP contribution is -2.63. The molecule has 0 radical (unpaired) electrons. The van der Waals surface area contributed by atoms with Crippen LogP contribution in [-0.4, -0.2) is 170 Å². The molecule has 4 heterocycles. The standard InChI is InChI=1S/C46H66ClN5O14S/c1-26-12-11-13-34(61-10)46(59)25-32(64-43(58)49-46)27(2)39-45(6,66-39)35(24-36(53)51(8)30-21-29(20-26)22-31(60-9)38(30)47)65-41(56)28(3)50(7)42(57)44(4,5)67-33-23-37(54)52(40(33)55)15-17-63-19-18-62-16-14-48/h11-13,21-22,27-28,32-35,39,59H,14-20,23-25,48H2,1-10H3,(H,49,58)/b13-11+,26-12+/t27-,28+,32+,33?,34-,35+,39+,45+,46+/m1/s1. The first-order valence-electron chi connectivity index (χ1n) is 22.3. The number of likely N-dealkylation sites (N-methyl/N-ethyl adjacent to an activating group) is 1. The summed E-state index contributed by atoms with van der Waals surface area (Å²) in [5.74, 6) is -2.97. The van der Waals surface area contributed by atoms with Crippen molar-refractivity contribution < 1.29 is 67.0 Å². The van der Waals surface area contributed by atoms with Gasteiger partial charge in [0.2, 0.25) is 23.6 Å². The zero-order valence-electron chi connectivity index (χ0n) is 40.0. The van der Waals surface area contributed by atoms with Gasteiger partial charge in [-0.05, 0) is 58.7 Å². The van der Waals surface area contributed by atoms with Crippen molar-refractivity contribution in [2.24, 2.45) is 11.7 Å². The van der Waals surface area contributed by atoms with Crippen LogP contribution in [-0.2, 0) is 58.8 Å². The molecule has 4 N–H and O–H groups in total. The summed E-state index contributed by atoms with van der Waals surface area (Å²) in [6, 6.07) is 2.33. The van der Waals surface area contributed by atoms with Crippen molar-refractivity contribution in [2.75, 3.05) is 72.7 Å². The van der Waals surface area contributed by atoms with Crippen molar-refractivity contribution in [3.05, 3.63) is 46.5 Å². The zero-order chi connectivity index (χ0) is 49.6. The third-order valence-electron chi connectivity index (χ3n) is 12.7. The van der Waals surface area contributed by atoms with E-state index in [1.807, 2.05) is 13.0 Å². The molecule has 9 atom stereocenters. The topological polar surface area (TPSA) is 238 Å². The van der Waals surface area contributed by atoms with Gasteiger partial charge in [-0.25, -0.2) is 9.59 Å². The Balaban J connectivity index is 1.37. The number of nitrogens with one attached hydrogen (secondary N) is 1. The van der Waals surface area contributed by atoms with Gasteiger partial charge in [-0.1, -0.05) is 42.3 Å². The highest BCUT2D eigenvalue weighted by Crippen LogP contribution is 2.49. The number of allylic oxidation sites excluding steroid dienone is 3. The molecular weight excluding hydrogens is 914 g/mol. The van der Waals surface area contributed by atoms with Crippen LogP contribution < -0.4 is 20.7 Å². The average Bonchev–Trinajstić information content (AvgIpc) is 3.90. The second-order valence-corrected chi connectivity index (χ2v) is 20.2. The summed E-state index contributed by atoms with van der Waals surface area (Å²) in [5.41, 5.74) is 4.21. The number of imide groups is 1. The third-order valence-corrected chi connectivity index (χ3v) is 14.5. The van der Waals surface area contributed by atoms with E-state index in [0.717, 1.165) is 27.8 Å². The van der Waals surface area contributed by atoms with Crippen LogP contribution in [0.15, 0.2) is 35.9 Å². The molecule has 5 rings (SSSR count). The normalized spacial score (nSPS) is 29.8. The zero-order valence-corrected chi connectivity index (χ0v) is 41.5. The van der Waals surface area contributed by atoms with Gasteiger partial charge >= 0.3 is 12.1 Å². The summed E-state index contributed by atoms with van der Waals surface area (Å²) in [6.45, 7) is 11.6. The Labute approximate surface area is 401 Å². The van der Waals surface area contributed by atoms with E-state index in [0.29, 0.717) is 37.6 Å². The minimum absolute atomic E-state index is 0.0481. The number of ether oxygens (including phenoxy) is 7. The Morgan fingerprint density at radius 3 is 2.45 bits per heavy atom. The van der Waals surface area contributed by atoms with Gasteiger partial charge in [-0.15, -0.1) is 11.8 Å². The van der Waals surface area contributed by atoms with Gasteiger partial charge in [0.15, 0.2) is 5.72 Å². The van der Waals surface area contributed by atoms with E-state index in [1.165, 1.54) is 38.0 Å². The van der Waals surface area contributed by atoms with Crippen LogP contribution in [0.25, 0.3) is 0 Å². The number of thioether (sulfide) groups is 1. The predicted octanol–water partition coefficient (Wildman–Crippen LogP) is 3.15. The third kappa shape index (κ3) is 12.5. The highest BCUT2D eigenvalue weighted by Gasteiger charge is 2.64. The molecule has 0 aliphatic carbocycles. The van der Waals surface area contributed by atoms with E-state index in [1.54, 1.807) is 59.0 Å². The number of nitrogens with zero attached hydrogens (tertiary/aromatic N) is 3. The van der Waals surface area contributed by atoms with Crippen molar-refractivity contribution in [1.82, 2.24) is 15.1 Å². The number of amides is 5. The Morgan fingerprint density at radius 1 is 1.10 bits per heavy atom. The smallest absolute Gasteiger partial charge is 0.409 e. The number of halogens is 1. The second kappa shape index (κ2) is 22.4. The highest BCUT2D eigenvalue weighted by atomic mass is 35.5. The van der Waals surface area contributed by atoms with E-state index in [9.17, 15) is 33.9 Å². The van der Waals surface area contributed by atoms with Gasteiger partial charge in [-0.3, -0.25) is 29.4 Å². The van der Waals surface area contributed by atoms with E-state index < -0.39 is 93.9 Å². The quantitative estimate of drug-likeness (QED) is 0.0934. The molecule has 67 heavy (non-hydrogen) atoms. The summed E-state index contributed by atoms with van der Waals surface area (Å²) in [6.07, 6.45) is 0.221. The van der Waals surface area contributed by atoms with Gasteiger partial charge in [0.1, 0.15) is 40.7 Å². The van der Waals surface area contributed by atoms with Crippen LogP contribution in [0.3, 0.4) is 0 Å². The lowest BCUT2D eigenvalue weighted by atomic mass is 9.83. The van der Waals surface area contributed by atoms with Gasteiger partial charge < -0.3 is 53.8 Å². The number of alkyl carbamates (subject to hydrolysis) is 1. The molecule has 3 saturated heterocycles. The van der Waals surface area contributed by atoms with Crippen molar-refractivity contribution in [1.29, 1.82) is 0 Å². The Morgan fingerprint density at radius 2 is 1.79 bits per heavy atom. The maximum atomic E-state index is 14.4. The number of esters is 1. The van der Waals surface area contributed by atoms with E-state index in [2.05, 4.69) is 5.32 Å². The molecular formula is C46H66ClN5O14S. The lowest BCUT2D eigenvalue weighted by molar-refractivity contribution is -0.162. The summed E-state index contributed by atoms with van der Waals surface area (Å²) in [5, 5.41) is 13.7. The molecule has 5 amide bonds. The molecule has 0 spiro atoms. The first-order chi connectivity index (χ1) is 31.5. The summed E-state index contributed by atoms with van der Waals surface area (Å²) >= 11 is 7.84. The predicted molar refractivity (Wildman–Crippen MR) is 248 cm³/mol. The highest BCUT2D eigenvalue weighted by molar-refractivity contribution is 8.02. The first-order valence-corrected chi connectivity index (χ1v) is 23.5. The maximum absolute atomic E-state index is 14.4. The molecule has 3 fully saturated rings. The summed E-state index contributed by atoms with van der Waals surface area (Å²) in [7, 11) is 5.85. The second-order valence-electron chi connectivity index (χ2n) is 18.0. The number of carbonyl (C=O) groups excluding carboxylic acids is 6. The number of anilines is 1. The largest absolute Gasteiger partial charge is 0.495 e. The number of rotatable bonds is 16. The maximum Gasteiger partial charge on any atom is 0.409 e. The molecule has 21 heteroatoms. The Kier molecular flexibility index (Phi) is 18.0. The van der Waals surface area contributed by atoms with E-state index >= 15 is 0 Å². The monoisotopic (exact) mass is 979 g/mol. The fourth-order valence-corrected chi connectivity index (χ4v) is 10.3. The Hall–Kier alpha value is -4.28. The van der Waals surface area contributed by atoms with E-state index in [-0.39, 0.29) is 43.5 Å². The molecule has 4 aliphatic rings. The van der Waals surface area contributed by atoms with Gasteiger partial charge in [0.05, 0.1) is 68.3 Å². The Bertz CT molecular complexity index is 2090. The SMILES string of the molecule is COc1cc2cc(c1Cl)N(C)C(=O)C[C@H](OC(=O)[C@H](C)N(C)C(=O)C(C)(C)SC1CC(=O)N(CCOCCOCCN)C1=O)[C@]1(C)O[C@H]1[C@H](C)[C@@H]1C[C@@](O)(NC(=O)O1)[C@H](OC)/C=C/C=C(\C)C2. The molecule has 4 aliphatic heterocycles. The number of hydrogen-bond donors (Lipinski definition) is 3. The molecule has 4 bridgehead atoms. The minimum Gasteiger partial charge on any atom is -0.495 e. The molecule has 1 aromatic carbocycles. The molecule has 1 aromatic rings. The number of nitrogens with two attached hydrogens (primary N) is 1. The van der Waals surface area contributed by atoms with Gasteiger partial charge in [-0.2, -0.15) is 0 Å². The summed E-state index contributed by atoms with van der Waals surface area (Å²) < 4.78 is 39.0. The van der Waals surface area contributed by atoms with Crippen molar-refractivity contribution in [3.63, 3.8) is 0 Å². The number of benzene rings is 1. The molecule has 1 unspecified atom stereocenters. The molecule has 0 aromatic heterocycles. The van der Waals surface area contributed by atoms with Crippen LogP contribution >= 0.6 is 23.4 Å². The molecule has 372 valence electrons. The van der Waals surface area contributed by atoms with Crippen molar-refractivity contribution in [2.45, 2.75) is 119 Å². The minimum atomic E-state index is -1.88. The van der Waals surface area contributed by atoms with Gasteiger partial charge in [0.25, 0.3) is 0 Å². The number of fused-ring (bicyclic) bond motifs is 5. The fourth-order valence-electron chi connectivity index (χ4n) is 8.55. The number of aliphatic hydroxyl groups is 1. The summed E-state index contributed by atoms with van der Waals surface area (Å²) in [4.78, 5) is 85.7. The van der Waals surface area contributed by atoms with Crippen molar-refractivity contribution in [3.8, 4) is 5.75 Å². The average molecular weight is 981 g/mol.